The van der Waals surface area contributed by atoms with Crippen molar-refractivity contribution in [3.8, 4) is 5.69 Å². The highest BCUT2D eigenvalue weighted by molar-refractivity contribution is 6.32. The van der Waals surface area contributed by atoms with Crippen molar-refractivity contribution in [1.29, 1.82) is 0 Å². The lowest BCUT2D eigenvalue weighted by Crippen LogP contribution is -2.13. The van der Waals surface area contributed by atoms with Crippen LogP contribution in [0.1, 0.15) is 24.6 Å². The smallest absolute Gasteiger partial charge is 0.239 e. The minimum atomic E-state index is -0.279. The summed E-state index contributed by atoms with van der Waals surface area (Å²) >= 11 is 11.7. The van der Waals surface area contributed by atoms with Crippen LogP contribution in [-0.4, -0.2) is 32.0 Å². The summed E-state index contributed by atoms with van der Waals surface area (Å²) in [4.78, 5) is 11.3. The summed E-state index contributed by atoms with van der Waals surface area (Å²) in [7, 11) is 0. The van der Waals surface area contributed by atoms with Crippen LogP contribution in [0.3, 0.4) is 0 Å². The van der Waals surface area contributed by atoms with Crippen molar-refractivity contribution in [2.24, 2.45) is 0 Å². The van der Waals surface area contributed by atoms with Crippen molar-refractivity contribution >= 4 is 34.8 Å². The van der Waals surface area contributed by atoms with Gasteiger partial charge < -0.3 is 5.32 Å². The van der Waals surface area contributed by atoms with Crippen LogP contribution in [0.15, 0.2) is 18.2 Å². The zero-order valence-electron chi connectivity index (χ0n) is 10.4. The normalized spacial score (nSPS) is 14.3. The van der Waals surface area contributed by atoms with Gasteiger partial charge >= 0.3 is 0 Å². The maximum atomic E-state index is 11.3. The quantitative estimate of drug-likeness (QED) is 0.880. The third kappa shape index (κ3) is 2.62. The first kappa shape index (κ1) is 13.3. The summed E-state index contributed by atoms with van der Waals surface area (Å²) in [5.74, 6) is 0.810. The Morgan fingerprint density at radius 3 is 2.95 bits per heavy atom. The molecular weight excluding hydrogens is 301 g/mol. The standard InChI is InChI=1S/C12H11Cl2N5O/c13-6-11(20)15-8-3-4-9(14)10(5-8)19-12(7-1-2-7)16-17-18-19/h3-5,7H,1-2,6H2,(H,15,20). The van der Waals surface area contributed by atoms with Gasteiger partial charge in [0.1, 0.15) is 5.88 Å². The van der Waals surface area contributed by atoms with Gasteiger partial charge in [0, 0.05) is 11.6 Å². The number of carbonyl (C=O) groups is 1. The SMILES string of the molecule is O=C(CCl)Nc1ccc(Cl)c(-n2nnnc2C2CC2)c1. The number of hydrogen-bond donors (Lipinski definition) is 1. The van der Waals surface area contributed by atoms with E-state index in [9.17, 15) is 4.79 Å². The molecule has 6 nitrogen and oxygen atoms in total. The minimum absolute atomic E-state index is 0.101. The predicted molar refractivity (Wildman–Crippen MR) is 75.5 cm³/mol. The number of hydrogen-bond acceptors (Lipinski definition) is 4. The first-order chi connectivity index (χ1) is 9.69. The van der Waals surface area contributed by atoms with Gasteiger partial charge in [-0.1, -0.05) is 11.6 Å². The van der Waals surface area contributed by atoms with Crippen molar-refractivity contribution in [2.75, 3.05) is 11.2 Å². The molecular formula is C12H11Cl2N5O. The maximum absolute atomic E-state index is 11.3. The van der Waals surface area contributed by atoms with Gasteiger partial charge in [-0.25, -0.2) is 0 Å². The number of carbonyl (C=O) groups excluding carboxylic acids is 1. The molecule has 1 aromatic carbocycles. The highest BCUT2D eigenvalue weighted by Gasteiger charge is 2.30. The Labute approximate surface area is 125 Å². The van der Waals surface area contributed by atoms with Crippen LogP contribution in [0, 0.1) is 0 Å². The number of nitrogens with one attached hydrogen (secondary N) is 1. The molecule has 1 heterocycles. The number of halogens is 2. The molecule has 1 N–H and O–H groups in total. The monoisotopic (exact) mass is 311 g/mol. The first-order valence-corrected chi connectivity index (χ1v) is 7.04. The Morgan fingerprint density at radius 1 is 1.45 bits per heavy atom. The average molecular weight is 312 g/mol. The molecule has 2 aromatic rings. The molecule has 1 aliphatic rings. The molecule has 0 bridgehead atoms. The summed E-state index contributed by atoms with van der Waals surface area (Å²) in [5.41, 5.74) is 1.25. The highest BCUT2D eigenvalue weighted by Crippen LogP contribution is 2.39. The zero-order chi connectivity index (χ0) is 14.1. The number of tetrazole rings is 1. The summed E-state index contributed by atoms with van der Waals surface area (Å²) in [6.07, 6.45) is 2.17. The molecule has 1 amide bonds. The number of aromatic nitrogens is 4. The molecule has 1 aliphatic carbocycles. The van der Waals surface area contributed by atoms with Crippen molar-refractivity contribution in [1.82, 2.24) is 20.2 Å². The van der Waals surface area contributed by atoms with Crippen LogP contribution in [0.2, 0.25) is 5.02 Å². The third-order valence-electron chi connectivity index (χ3n) is 3.02. The fourth-order valence-corrected chi connectivity index (χ4v) is 2.17. The van der Waals surface area contributed by atoms with Crippen LogP contribution in [0.5, 0.6) is 0 Å². The van der Waals surface area contributed by atoms with Crippen LogP contribution >= 0.6 is 23.2 Å². The van der Waals surface area contributed by atoms with Gasteiger partial charge in [-0.15, -0.1) is 16.7 Å². The number of anilines is 1. The van der Waals surface area contributed by atoms with Gasteiger partial charge in [-0.3, -0.25) is 4.79 Å². The number of nitrogens with zero attached hydrogens (tertiary/aromatic N) is 4. The van der Waals surface area contributed by atoms with Crippen molar-refractivity contribution in [3.05, 3.63) is 29.0 Å². The predicted octanol–water partition coefficient (Wildman–Crippen LogP) is 2.37. The van der Waals surface area contributed by atoms with Gasteiger partial charge in [0.05, 0.1) is 10.7 Å². The molecule has 0 unspecified atom stereocenters. The van der Waals surface area contributed by atoms with E-state index in [0.29, 0.717) is 22.3 Å². The number of alkyl halides is 1. The van der Waals surface area contributed by atoms with Crippen LogP contribution < -0.4 is 5.32 Å². The number of amides is 1. The molecule has 20 heavy (non-hydrogen) atoms. The Bertz CT molecular complexity index is 653. The van der Waals surface area contributed by atoms with E-state index < -0.39 is 0 Å². The van der Waals surface area contributed by atoms with E-state index in [1.807, 2.05) is 0 Å². The second kappa shape index (κ2) is 5.38. The Kier molecular flexibility index (Phi) is 3.58. The third-order valence-corrected chi connectivity index (χ3v) is 3.58. The topological polar surface area (TPSA) is 72.7 Å². The molecule has 104 valence electrons. The summed E-state index contributed by atoms with van der Waals surface area (Å²) in [6, 6.07) is 5.13. The van der Waals surface area contributed by atoms with Gasteiger partial charge in [-0.2, -0.15) is 4.68 Å². The Morgan fingerprint density at radius 2 is 2.25 bits per heavy atom. The van der Waals surface area contributed by atoms with Crippen molar-refractivity contribution in [2.45, 2.75) is 18.8 Å². The average Bonchev–Trinajstić information content (AvgIpc) is 3.18. The summed E-state index contributed by atoms with van der Waals surface area (Å²) < 4.78 is 1.62. The maximum Gasteiger partial charge on any atom is 0.239 e. The van der Waals surface area contributed by atoms with Crippen LogP contribution in [0.25, 0.3) is 5.69 Å². The molecule has 0 spiro atoms. The first-order valence-electron chi connectivity index (χ1n) is 6.13. The van der Waals surface area contributed by atoms with E-state index in [4.69, 9.17) is 23.2 Å². The largest absolute Gasteiger partial charge is 0.325 e. The molecule has 0 saturated heterocycles. The van der Waals surface area contributed by atoms with Crippen molar-refractivity contribution < 1.29 is 4.79 Å². The molecule has 1 fully saturated rings. The van der Waals surface area contributed by atoms with Crippen LogP contribution in [-0.2, 0) is 4.79 Å². The lowest BCUT2D eigenvalue weighted by molar-refractivity contribution is -0.113. The zero-order valence-corrected chi connectivity index (χ0v) is 11.9. The van der Waals surface area contributed by atoms with E-state index in [0.717, 1.165) is 18.7 Å². The summed E-state index contributed by atoms with van der Waals surface area (Å²) in [5, 5.41) is 14.9. The van der Waals surface area contributed by atoms with Gasteiger partial charge in [0.25, 0.3) is 0 Å². The fourth-order valence-electron chi connectivity index (χ4n) is 1.91. The van der Waals surface area contributed by atoms with E-state index in [-0.39, 0.29) is 11.8 Å². The van der Waals surface area contributed by atoms with E-state index >= 15 is 0 Å². The molecule has 1 aromatic heterocycles. The molecule has 1 saturated carbocycles. The fraction of sp³-hybridized carbons (Fsp3) is 0.333. The molecule has 0 atom stereocenters. The summed E-state index contributed by atoms with van der Waals surface area (Å²) in [6.45, 7) is 0. The molecule has 0 radical (unpaired) electrons. The van der Waals surface area contributed by atoms with E-state index in [1.54, 1.807) is 22.9 Å². The lowest BCUT2D eigenvalue weighted by Gasteiger charge is -2.09. The van der Waals surface area contributed by atoms with Gasteiger partial charge in [-0.05, 0) is 41.5 Å². The number of benzene rings is 1. The van der Waals surface area contributed by atoms with E-state index in [1.165, 1.54) is 0 Å². The molecule has 0 aliphatic heterocycles. The van der Waals surface area contributed by atoms with Gasteiger partial charge in [0.15, 0.2) is 5.82 Å². The Hall–Kier alpha value is -1.66. The van der Waals surface area contributed by atoms with E-state index in [2.05, 4.69) is 20.8 Å². The number of rotatable bonds is 4. The van der Waals surface area contributed by atoms with Crippen molar-refractivity contribution in [3.63, 3.8) is 0 Å². The minimum Gasteiger partial charge on any atom is -0.325 e. The molecule has 8 heteroatoms. The second-order valence-electron chi connectivity index (χ2n) is 4.57. The van der Waals surface area contributed by atoms with Gasteiger partial charge in [0.2, 0.25) is 5.91 Å². The highest BCUT2D eigenvalue weighted by atomic mass is 35.5. The van der Waals surface area contributed by atoms with Crippen LogP contribution in [0.4, 0.5) is 5.69 Å². The lowest BCUT2D eigenvalue weighted by atomic mass is 10.2. The molecule has 3 rings (SSSR count). The Balaban J connectivity index is 1.97. The second-order valence-corrected chi connectivity index (χ2v) is 5.25.